The summed E-state index contributed by atoms with van der Waals surface area (Å²) in [4.78, 5) is 11.0. The van der Waals surface area contributed by atoms with Gasteiger partial charge < -0.3 is 10.5 Å². The molecule has 0 aliphatic heterocycles. The second kappa shape index (κ2) is 5.63. The smallest absolute Gasteiger partial charge is 0.248 e. The van der Waals surface area contributed by atoms with Gasteiger partial charge in [0.2, 0.25) is 5.91 Å². The van der Waals surface area contributed by atoms with Crippen molar-refractivity contribution in [1.29, 1.82) is 0 Å². The fourth-order valence-corrected chi connectivity index (χ4v) is 2.28. The molecule has 0 aliphatic rings. The number of hydrogen-bond acceptors (Lipinski definition) is 2. The first-order valence-corrected chi connectivity index (χ1v) is 6.68. The summed E-state index contributed by atoms with van der Waals surface area (Å²) >= 11 is 9.45. The summed E-state index contributed by atoms with van der Waals surface area (Å²) < 4.78 is 6.70. The number of ether oxygens (including phenoxy) is 1. The fourth-order valence-electron chi connectivity index (χ4n) is 1.58. The molecule has 2 aromatic rings. The van der Waals surface area contributed by atoms with Crippen molar-refractivity contribution in [1.82, 2.24) is 0 Å². The van der Waals surface area contributed by atoms with E-state index in [-0.39, 0.29) is 0 Å². The van der Waals surface area contributed by atoms with Gasteiger partial charge in [-0.2, -0.15) is 0 Å². The van der Waals surface area contributed by atoms with Crippen molar-refractivity contribution in [2.24, 2.45) is 5.73 Å². The topological polar surface area (TPSA) is 52.3 Å². The molecular formula is C14H11BrClNO2. The van der Waals surface area contributed by atoms with Gasteiger partial charge in [0.1, 0.15) is 11.5 Å². The molecule has 0 radical (unpaired) electrons. The van der Waals surface area contributed by atoms with Gasteiger partial charge in [-0.15, -0.1) is 0 Å². The molecule has 1 amide bonds. The molecule has 2 aromatic carbocycles. The van der Waals surface area contributed by atoms with E-state index in [9.17, 15) is 4.79 Å². The molecule has 5 heteroatoms. The summed E-state index contributed by atoms with van der Waals surface area (Å²) in [6, 6.07) is 10.4. The Hall–Kier alpha value is -1.52. The van der Waals surface area contributed by atoms with Gasteiger partial charge in [0.25, 0.3) is 0 Å². The molecule has 0 atom stereocenters. The van der Waals surface area contributed by atoms with Gasteiger partial charge in [-0.25, -0.2) is 0 Å². The van der Waals surface area contributed by atoms with Crippen LogP contribution in [0.5, 0.6) is 11.5 Å². The Bertz CT molecular complexity index is 643. The zero-order valence-electron chi connectivity index (χ0n) is 10.1. The Balaban J connectivity index is 2.31. The minimum Gasteiger partial charge on any atom is -0.456 e. The minimum absolute atomic E-state index is 0.346. The van der Waals surface area contributed by atoms with Crippen LogP contribution in [0.1, 0.15) is 15.9 Å². The number of hydrogen-bond donors (Lipinski definition) is 1. The van der Waals surface area contributed by atoms with Crippen LogP contribution < -0.4 is 10.5 Å². The van der Waals surface area contributed by atoms with Crippen molar-refractivity contribution < 1.29 is 9.53 Å². The van der Waals surface area contributed by atoms with Gasteiger partial charge in [-0.3, -0.25) is 4.79 Å². The number of carbonyl (C=O) groups excluding carboxylic acids is 1. The maximum absolute atomic E-state index is 11.0. The Labute approximate surface area is 124 Å². The van der Waals surface area contributed by atoms with Crippen LogP contribution in [-0.2, 0) is 0 Å². The molecule has 0 saturated carbocycles. The molecule has 98 valence electrons. The molecule has 0 bridgehead atoms. The van der Waals surface area contributed by atoms with Crippen LogP contribution in [0, 0.1) is 6.92 Å². The molecule has 2 N–H and O–H groups in total. The van der Waals surface area contributed by atoms with E-state index >= 15 is 0 Å². The standard InChI is InChI=1S/C14H11BrClNO2/c1-8-6-10(15)3-5-12(8)19-13-4-2-9(14(17)18)7-11(13)16/h2-7H,1H3,(H2,17,18). The molecule has 0 aromatic heterocycles. The lowest BCUT2D eigenvalue weighted by atomic mass is 10.2. The summed E-state index contributed by atoms with van der Waals surface area (Å²) in [5, 5.41) is 0.346. The zero-order chi connectivity index (χ0) is 14.0. The lowest BCUT2D eigenvalue weighted by Crippen LogP contribution is -2.10. The van der Waals surface area contributed by atoms with Crippen molar-refractivity contribution in [3.05, 3.63) is 57.0 Å². The zero-order valence-corrected chi connectivity index (χ0v) is 12.5. The highest BCUT2D eigenvalue weighted by Gasteiger charge is 2.09. The molecular weight excluding hydrogens is 330 g/mol. The van der Waals surface area contributed by atoms with Crippen molar-refractivity contribution >= 4 is 33.4 Å². The first kappa shape index (κ1) is 13.9. The summed E-state index contributed by atoms with van der Waals surface area (Å²) in [6.07, 6.45) is 0. The number of amides is 1. The van der Waals surface area contributed by atoms with Gasteiger partial charge >= 0.3 is 0 Å². The quantitative estimate of drug-likeness (QED) is 0.905. The Morgan fingerprint density at radius 2 is 1.89 bits per heavy atom. The van der Waals surface area contributed by atoms with E-state index in [0.717, 1.165) is 10.0 Å². The second-order valence-electron chi connectivity index (χ2n) is 4.02. The van der Waals surface area contributed by atoms with Gasteiger partial charge in [-0.1, -0.05) is 27.5 Å². The van der Waals surface area contributed by atoms with Gasteiger partial charge in [0.15, 0.2) is 0 Å². The summed E-state index contributed by atoms with van der Waals surface area (Å²) in [5.41, 5.74) is 6.51. The number of nitrogens with two attached hydrogens (primary N) is 1. The second-order valence-corrected chi connectivity index (χ2v) is 5.34. The predicted molar refractivity (Wildman–Crippen MR) is 78.9 cm³/mol. The van der Waals surface area contributed by atoms with Crippen molar-refractivity contribution in [2.45, 2.75) is 6.92 Å². The maximum atomic E-state index is 11.0. The first-order chi connectivity index (χ1) is 8.97. The van der Waals surface area contributed by atoms with Crippen LogP contribution in [-0.4, -0.2) is 5.91 Å². The largest absolute Gasteiger partial charge is 0.456 e. The van der Waals surface area contributed by atoms with E-state index in [1.165, 1.54) is 6.07 Å². The normalized spacial score (nSPS) is 10.3. The fraction of sp³-hybridized carbons (Fsp3) is 0.0714. The Kier molecular flexibility index (Phi) is 4.12. The monoisotopic (exact) mass is 339 g/mol. The molecule has 3 nitrogen and oxygen atoms in total. The highest BCUT2D eigenvalue weighted by Crippen LogP contribution is 2.32. The number of benzene rings is 2. The molecule has 0 saturated heterocycles. The van der Waals surface area contributed by atoms with Gasteiger partial charge in [0, 0.05) is 10.0 Å². The van der Waals surface area contributed by atoms with Gasteiger partial charge in [0.05, 0.1) is 5.02 Å². The van der Waals surface area contributed by atoms with Crippen LogP contribution in [0.25, 0.3) is 0 Å². The number of primary amides is 1. The van der Waals surface area contributed by atoms with E-state index in [0.29, 0.717) is 22.1 Å². The average Bonchev–Trinajstić information content (AvgIpc) is 2.34. The summed E-state index contributed by atoms with van der Waals surface area (Å²) in [7, 11) is 0. The third-order valence-corrected chi connectivity index (χ3v) is 3.36. The number of halogens is 2. The van der Waals surface area contributed by atoms with E-state index < -0.39 is 5.91 Å². The van der Waals surface area contributed by atoms with Crippen molar-refractivity contribution in [2.75, 3.05) is 0 Å². The van der Waals surface area contributed by atoms with E-state index in [1.807, 2.05) is 25.1 Å². The van der Waals surface area contributed by atoms with Crippen LogP contribution in [0.3, 0.4) is 0 Å². The first-order valence-electron chi connectivity index (χ1n) is 5.51. The van der Waals surface area contributed by atoms with E-state index in [2.05, 4.69) is 15.9 Å². The number of aryl methyl sites for hydroxylation is 1. The molecule has 0 aliphatic carbocycles. The van der Waals surface area contributed by atoms with Crippen LogP contribution in [0.4, 0.5) is 0 Å². The minimum atomic E-state index is -0.520. The molecule has 0 spiro atoms. The van der Waals surface area contributed by atoms with Crippen LogP contribution in [0.2, 0.25) is 5.02 Å². The third kappa shape index (κ3) is 3.28. The van der Waals surface area contributed by atoms with Crippen molar-refractivity contribution in [3.63, 3.8) is 0 Å². The highest BCUT2D eigenvalue weighted by molar-refractivity contribution is 9.10. The molecule has 2 rings (SSSR count). The molecule has 19 heavy (non-hydrogen) atoms. The predicted octanol–water partition coefficient (Wildman–Crippen LogP) is 4.30. The SMILES string of the molecule is Cc1cc(Br)ccc1Oc1ccc(C(N)=O)cc1Cl. The molecule has 0 heterocycles. The summed E-state index contributed by atoms with van der Waals surface area (Å²) in [5.74, 6) is 0.669. The molecule has 0 fully saturated rings. The average molecular weight is 341 g/mol. The van der Waals surface area contributed by atoms with Crippen LogP contribution >= 0.6 is 27.5 Å². The summed E-state index contributed by atoms with van der Waals surface area (Å²) in [6.45, 7) is 1.94. The van der Waals surface area contributed by atoms with Gasteiger partial charge in [-0.05, 0) is 48.9 Å². The lowest BCUT2D eigenvalue weighted by Gasteiger charge is -2.11. The Morgan fingerprint density at radius 3 is 2.47 bits per heavy atom. The highest BCUT2D eigenvalue weighted by atomic mass is 79.9. The third-order valence-electron chi connectivity index (χ3n) is 2.57. The number of carbonyl (C=O) groups is 1. The van der Waals surface area contributed by atoms with Crippen LogP contribution in [0.15, 0.2) is 40.9 Å². The van der Waals surface area contributed by atoms with E-state index in [4.69, 9.17) is 22.1 Å². The van der Waals surface area contributed by atoms with E-state index in [1.54, 1.807) is 12.1 Å². The Morgan fingerprint density at radius 1 is 1.21 bits per heavy atom. The molecule has 0 unspecified atom stereocenters. The lowest BCUT2D eigenvalue weighted by molar-refractivity contribution is 0.100. The van der Waals surface area contributed by atoms with Crippen molar-refractivity contribution in [3.8, 4) is 11.5 Å². The number of rotatable bonds is 3. The maximum Gasteiger partial charge on any atom is 0.248 e.